The van der Waals surface area contributed by atoms with Gasteiger partial charge in [-0.05, 0) is 46.5 Å². The van der Waals surface area contributed by atoms with Crippen LogP contribution in [-0.2, 0) is 14.8 Å². The zero-order valence-electron chi connectivity index (χ0n) is 16.3. The Hall–Kier alpha value is -3.23. The molecular weight excluding hydrogens is 404 g/mol. The van der Waals surface area contributed by atoms with Gasteiger partial charge in [0.05, 0.1) is 12.0 Å². The van der Waals surface area contributed by atoms with Gasteiger partial charge in [0.2, 0.25) is 10.0 Å². The second kappa shape index (κ2) is 7.89. The summed E-state index contributed by atoms with van der Waals surface area (Å²) in [5.41, 5.74) is 1.35. The first-order chi connectivity index (χ1) is 14.4. The Morgan fingerprint density at radius 1 is 1.13 bits per heavy atom. The van der Waals surface area contributed by atoms with Crippen LogP contribution in [0.3, 0.4) is 0 Å². The van der Waals surface area contributed by atoms with Crippen LogP contribution in [0.25, 0.3) is 16.3 Å². The molecule has 1 aliphatic heterocycles. The van der Waals surface area contributed by atoms with Crippen molar-refractivity contribution in [1.29, 1.82) is 0 Å². The maximum Gasteiger partial charge on any atom is 0.360 e. The van der Waals surface area contributed by atoms with Crippen LogP contribution in [0.15, 0.2) is 65.7 Å². The quantitative estimate of drug-likeness (QED) is 0.646. The fourth-order valence-electron chi connectivity index (χ4n) is 3.49. The topological polar surface area (TPSA) is 96.8 Å². The SMILES string of the molecule is COC(=O)c1ncc(C2=CCN(S(=O)(=O)c3ccc4ccccc4c3)CC2)cc1O. The number of aromatic hydroxyl groups is 1. The van der Waals surface area contributed by atoms with Gasteiger partial charge in [0, 0.05) is 19.3 Å². The van der Waals surface area contributed by atoms with Crippen molar-refractivity contribution in [2.45, 2.75) is 11.3 Å². The van der Waals surface area contributed by atoms with Crippen molar-refractivity contribution in [2.75, 3.05) is 20.2 Å². The second-order valence-corrected chi connectivity index (χ2v) is 8.87. The molecule has 8 heteroatoms. The van der Waals surface area contributed by atoms with E-state index in [1.54, 1.807) is 18.2 Å². The monoisotopic (exact) mass is 424 g/mol. The maximum absolute atomic E-state index is 13.1. The lowest BCUT2D eigenvalue weighted by Crippen LogP contribution is -2.34. The van der Waals surface area contributed by atoms with Gasteiger partial charge < -0.3 is 9.84 Å². The predicted octanol–water partition coefficient (Wildman–Crippen LogP) is 3.21. The van der Waals surface area contributed by atoms with E-state index in [1.165, 1.54) is 23.7 Å². The Labute approximate surface area is 174 Å². The molecule has 30 heavy (non-hydrogen) atoms. The number of esters is 1. The molecule has 0 atom stereocenters. The summed E-state index contributed by atoms with van der Waals surface area (Å²) >= 11 is 0. The summed E-state index contributed by atoms with van der Waals surface area (Å²) in [6.07, 6.45) is 3.74. The largest absolute Gasteiger partial charge is 0.505 e. The average Bonchev–Trinajstić information content (AvgIpc) is 2.78. The number of fused-ring (bicyclic) bond motifs is 1. The van der Waals surface area contributed by atoms with Crippen molar-refractivity contribution < 1.29 is 23.1 Å². The van der Waals surface area contributed by atoms with Gasteiger partial charge in [-0.3, -0.25) is 0 Å². The predicted molar refractivity (Wildman–Crippen MR) is 113 cm³/mol. The number of hydrogen-bond donors (Lipinski definition) is 1. The first-order valence-corrected chi connectivity index (χ1v) is 10.8. The molecule has 7 nitrogen and oxygen atoms in total. The van der Waals surface area contributed by atoms with Crippen LogP contribution in [0.1, 0.15) is 22.5 Å². The third-order valence-corrected chi connectivity index (χ3v) is 7.01. The van der Waals surface area contributed by atoms with Crippen molar-refractivity contribution in [3.8, 4) is 5.75 Å². The molecular formula is C22H20N2O5S. The van der Waals surface area contributed by atoms with E-state index in [1.807, 2.05) is 30.3 Å². The van der Waals surface area contributed by atoms with Crippen LogP contribution in [0.5, 0.6) is 5.75 Å². The molecule has 1 aliphatic rings. The molecule has 0 radical (unpaired) electrons. The molecule has 1 N–H and O–H groups in total. The number of nitrogens with zero attached hydrogens (tertiary/aromatic N) is 2. The molecule has 0 bridgehead atoms. The number of rotatable bonds is 4. The van der Waals surface area contributed by atoms with Crippen molar-refractivity contribution in [3.05, 3.63) is 72.1 Å². The summed E-state index contributed by atoms with van der Waals surface area (Å²) in [5.74, 6) is -0.990. The van der Waals surface area contributed by atoms with Crippen LogP contribution in [0.2, 0.25) is 0 Å². The minimum atomic E-state index is -3.63. The lowest BCUT2D eigenvalue weighted by molar-refractivity contribution is 0.0590. The number of carbonyl (C=O) groups is 1. The molecule has 1 aromatic heterocycles. The highest BCUT2D eigenvalue weighted by Gasteiger charge is 2.27. The number of benzene rings is 2. The van der Waals surface area contributed by atoms with Crippen LogP contribution in [0.4, 0.5) is 0 Å². The van der Waals surface area contributed by atoms with Gasteiger partial charge in [-0.2, -0.15) is 4.31 Å². The number of methoxy groups -OCH3 is 1. The maximum atomic E-state index is 13.1. The van der Waals surface area contributed by atoms with Gasteiger partial charge >= 0.3 is 5.97 Å². The highest BCUT2D eigenvalue weighted by atomic mass is 32.2. The Kier molecular flexibility index (Phi) is 5.27. The number of hydrogen-bond acceptors (Lipinski definition) is 6. The van der Waals surface area contributed by atoms with Crippen molar-refractivity contribution in [1.82, 2.24) is 9.29 Å². The fraction of sp³-hybridized carbons (Fsp3) is 0.182. The number of aromatic nitrogens is 1. The molecule has 0 saturated carbocycles. The molecule has 0 aliphatic carbocycles. The molecule has 3 aromatic rings. The van der Waals surface area contributed by atoms with Gasteiger partial charge in [-0.15, -0.1) is 0 Å². The molecule has 2 aromatic carbocycles. The first-order valence-electron chi connectivity index (χ1n) is 9.36. The van der Waals surface area contributed by atoms with E-state index in [4.69, 9.17) is 0 Å². The van der Waals surface area contributed by atoms with Crippen molar-refractivity contribution in [2.24, 2.45) is 0 Å². The number of pyridine rings is 1. The number of sulfonamides is 1. The Bertz CT molecular complexity index is 1270. The van der Waals surface area contributed by atoms with Gasteiger partial charge in [-0.1, -0.05) is 36.4 Å². The lowest BCUT2D eigenvalue weighted by atomic mass is 10.0. The Balaban J connectivity index is 1.56. The summed E-state index contributed by atoms with van der Waals surface area (Å²) < 4.78 is 32.1. The van der Waals surface area contributed by atoms with Crippen molar-refractivity contribution >= 4 is 32.3 Å². The molecule has 4 rings (SSSR count). The smallest absolute Gasteiger partial charge is 0.360 e. The minimum Gasteiger partial charge on any atom is -0.505 e. The highest BCUT2D eigenvalue weighted by molar-refractivity contribution is 7.89. The van der Waals surface area contributed by atoms with Crippen LogP contribution < -0.4 is 0 Å². The molecule has 0 unspecified atom stereocenters. The van der Waals surface area contributed by atoms with Crippen molar-refractivity contribution in [3.63, 3.8) is 0 Å². The van der Waals surface area contributed by atoms with Crippen LogP contribution >= 0.6 is 0 Å². The highest BCUT2D eigenvalue weighted by Crippen LogP contribution is 2.29. The standard InChI is InChI=1S/C22H20N2O5S/c1-29-22(26)21-20(25)13-18(14-23-21)16-8-10-24(11-9-16)30(27,28)19-7-6-15-4-2-3-5-17(15)12-19/h2-8,12-14,25H,9-11H2,1H3. The van der Waals surface area contributed by atoms with Gasteiger partial charge in [0.15, 0.2) is 5.69 Å². The number of carbonyl (C=O) groups excluding carboxylic acids is 1. The summed E-state index contributed by atoms with van der Waals surface area (Å²) in [6.45, 7) is 0.518. The summed E-state index contributed by atoms with van der Waals surface area (Å²) in [6, 6.07) is 14.2. The molecule has 154 valence electrons. The summed E-state index contributed by atoms with van der Waals surface area (Å²) in [7, 11) is -2.41. The van der Waals surface area contributed by atoms with E-state index in [9.17, 15) is 18.3 Å². The van der Waals surface area contributed by atoms with E-state index in [-0.39, 0.29) is 22.9 Å². The fourth-order valence-corrected chi connectivity index (χ4v) is 4.91. The second-order valence-electron chi connectivity index (χ2n) is 6.93. The molecule has 0 spiro atoms. The zero-order chi connectivity index (χ0) is 21.3. The van der Waals surface area contributed by atoms with Crippen LogP contribution in [0, 0.1) is 0 Å². The minimum absolute atomic E-state index is 0.154. The Morgan fingerprint density at radius 2 is 1.90 bits per heavy atom. The third-order valence-electron chi connectivity index (χ3n) is 5.15. The van der Waals surface area contributed by atoms with Gasteiger partial charge in [0.1, 0.15) is 5.75 Å². The van der Waals surface area contributed by atoms with E-state index in [0.29, 0.717) is 18.5 Å². The third kappa shape index (κ3) is 3.67. The normalized spacial score (nSPS) is 15.0. The zero-order valence-corrected chi connectivity index (χ0v) is 17.1. The summed E-state index contributed by atoms with van der Waals surface area (Å²) in [5, 5.41) is 11.9. The molecule has 0 amide bonds. The first kappa shape index (κ1) is 20.1. The summed E-state index contributed by atoms with van der Waals surface area (Å²) in [4.78, 5) is 15.8. The van der Waals surface area contributed by atoms with E-state index < -0.39 is 16.0 Å². The van der Waals surface area contributed by atoms with Gasteiger partial charge in [0.25, 0.3) is 0 Å². The molecule has 0 fully saturated rings. The Morgan fingerprint density at radius 3 is 2.57 bits per heavy atom. The number of ether oxygens (including phenoxy) is 1. The average molecular weight is 424 g/mol. The van der Waals surface area contributed by atoms with E-state index >= 15 is 0 Å². The molecule has 2 heterocycles. The van der Waals surface area contributed by atoms with E-state index in [0.717, 1.165) is 16.3 Å². The van der Waals surface area contributed by atoms with E-state index in [2.05, 4.69) is 9.72 Å². The van der Waals surface area contributed by atoms with Crippen LogP contribution in [-0.4, -0.2) is 49.0 Å². The molecule has 0 saturated heterocycles. The lowest BCUT2D eigenvalue weighted by Gasteiger charge is -2.26. The van der Waals surface area contributed by atoms with Gasteiger partial charge in [-0.25, -0.2) is 18.2 Å².